The van der Waals surface area contributed by atoms with E-state index in [-0.39, 0.29) is 0 Å². The van der Waals surface area contributed by atoms with Crippen molar-refractivity contribution >= 4 is 22.5 Å². The third kappa shape index (κ3) is 4.15. The lowest BCUT2D eigenvalue weighted by Crippen LogP contribution is -2.38. The lowest BCUT2D eigenvalue weighted by atomic mass is 10.0. The van der Waals surface area contributed by atoms with Gasteiger partial charge in [-0.1, -0.05) is 13.0 Å². The lowest BCUT2D eigenvalue weighted by Gasteiger charge is -2.31. The first-order valence-corrected chi connectivity index (χ1v) is 13.7. The van der Waals surface area contributed by atoms with Crippen LogP contribution in [-0.4, -0.2) is 59.5 Å². The molecule has 1 saturated carbocycles. The minimum Gasteiger partial charge on any atom is -0.496 e. The highest BCUT2D eigenvalue weighted by atomic mass is 16.5. The molecule has 0 bridgehead atoms. The number of rotatable bonds is 7. The van der Waals surface area contributed by atoms with E-state index in [1.807, 2.05) is 31.4 Å². The number of fused-ring (bicyclic) bond motifs is 2. The largest absolute Gasteiger partial charge is 0.496 e. The first-order chi connectivity index (χ1) is 19.0. The van der Waals surface area contributed by atoms with Gasteiger partial charge >= 0.3 is 0 Å². The Labute approximate surface area is 226 Å². The Morgan fingerprint density at radius 1 is 1.15 bits per heavy atom. The number of aromatic nitrogens is 7. The Morgan fingerprint density at radius 2 is 2.03 bits per heavy atom. The van der Waals surface area contributed by atoms with Crippen LogP contribution in [0.25, 0.3) is 33.7 Å². The number of hydrogen-bond donors (Lipinski definition) is 3. The van der Waals surface area contributed by atoms with E-state index in [1.165, 1.54) is 29.5 Å². The predicted octanol–water partition coefficient (Wildman–Crippen LogP) is 5.14. The molecule has 1 unspecified atom stereocenters. The summed E-state index contributed by atoms with van der Waals surface area (Å²) in [4.78, 5) is 15.8. The first kappa shape index (κ1) is 23.9. The van der Waals surface area contributed by atoms with Crippen LogP contribution >= 0.6 is 0 Å². The van der Waals surface area contributed by atoms with Gasteiger partial charge in [0.15, 0.2) is 5.82 Å². The molecule has 1 aliphatic carbocycles. The van der Waals surface area contributed by atoms with E-state index in [2.05, 4.69) is 51.4 Å². The number of ether oxygens (including phenoxy) is 1. The van der Waals surface area contributed by atoms with Gasteiger partial charge in [-0.2, -0.15) is 10.1 Å². The van der Waals surface area contributed by atoms with Crippen molar-refractivity contribution < 1.29 is 4.74 Å². The molecule has 1 aliphatic heterocycles. The first-order valence-electron chi connectivity index (χ1n) is 13.7. The van der Waals surface area contributed by atoms with Crippen molar-refractivity contribution in [3.05, 3.63) is 53.5 Å². The second kappa shape index (κ2) is 9.23. The number of anilines is 2. The van der Waals surface area contributed by atoms with E-state index in [0.29, 0.717) is 23.7 Å². The molecule has 1 fully saturated rings. The van der Waals surface area contributed by atoms with E-state index in [1.54, 1.807) is 11.8 Å². The molecule has 2 aliphatic rings. The predicted molar refractivity (Wildman–Crippen MR) is 151 cm³/mol. The number of nitrogens with one attached hydrogen (secondary N) is 3. The van der Waals surface area contributed by atoms with Crippen LogP contribution in [0.15, 0.2) is 36.5 Å². The van der Waals surface area contributed by atoms with Crippen molar-refractivity contribution in [2.24, 2.45) is 7.05 Å². The van der Waals surface area contributed by atoms with Gasteiger partial charge in [-0.3, -0.25) is 10.00 Å². The minimum absolute atomic E-state index is 0.500. The van der Waals surface area contributed by atoms with Crippen LogP contribution in [0.1, 0.15) is 49.6 Å². The molecule has 3 N–H and O–H groups in total. The molecule has 39 heavy (non-hydrogen) atoms. The van der Waals surface area contributed by atoms with Gasteiger partial charge in [-0.25, -0.2) is 9.67 Å². The second-order valence-corrected chi connectivity index (χ2v) is 10.7. The zero-order valence-corrected chi connectivity index (χ0v) is 22.7. The fourth-order valence-corrected chi connectivity index (χ4v) is 5.79. The fourth-order valence-electron chi connectivity index (χ4n) is 5.79. The molecule has 10 heteroatoms. The Morgan fingerprint density at radius 3 is 2.82 bits per heavy atom. The third-order valence-electron chi connectivity index (χ3n) is 8.12. The molecule has 200 valence electrons. The molecular formula is C29H33N9O. The van der Waals surface area contributed by atoms with E-state index in [9.17, 15) is 0 Å². The van der Waals surface area contributed by atoms with Crippen molar-refractivity contribution in [2.75, 3.05) is 19.0 Å². The normalized spacial score (nSPS) is 17.5. The van der Waals surface area contributed by atoms with Crippen molar-refractivity contribution in [3.8, 4) is 28.5 Å². The average molecular weight is 524 g/mol. The quantitative estimate of drug-likeness (QED) is 0.271. The number of aromatic amines is 2. The number of likely N-dealkylation sites (N-methyl/N-ethyl adjacent to an activating group) is 1. The van der Waals surface area contributed by atoms with E-state index in [4.69, 9.17) is 19.8 Å². The fraction of sp³-hybridized carbons (Fsp3) is 0.379. The summed E-state index contributed by atoms with van der Waals surface area (Å²) in [6, 6.07) is 10.7. The molecule has 1 atom stereocenters. The van der Waals surface area contributed by atoms with Gasteiger partial charge in [-0.05, 0) is 62.1 Å². The Kier molecular flexibility index (Phi) is 5.66. The molecule has 7 rings (SSSR count). The molecule has 5 aromatic rings. The number of methoxy groups -OCH3 is 1. The minimum atomic E-state index is 0.500. The highest BCUT2D eigenvalue weighted by Gasteiger charge is 2.29. The molecule has 0 saturated heterocycles. The maximum Gasteiger partial charge on any atom is 0.225 e. The van der Waals surface area contributed by atoms with Gasteiger partial charge in [0.25, 0.3) is 0 Å². The molecule has 0 spiro atoms. The molecule has 4 heterocycles. The topological polar surface area (TPSA) is 113 Å². The van der Waals surface area contributed by atoms with Crippen LogP contribution < -0.4 is 10.1 Å². The number of imidazole rings is 1. The maximum atomic E-state index is 5.82. The summed E-state index contributed by atoms with van der Waals surface area (Å²) in [6.07, 6.45) is 5.29. The van der Waals surface area contributed by atoms with E-state index >= 15 is 0 Å². The smallest absolute Gasteiger partial charge is 0.225 e. The Hall–Kier alpha value is -4.18. The summed E-state index contributed by atoms with van der Waals surface area (Å²) in [5.41, 5.74) is 7.57. The van der Waals surface area contributed by atoms with Crippen LogP contribution in [0.3, 0.4) is 0 Å². The van der Waals surface area contributed by atoms with E-state index < -0.39 is 0 Å². The van der Waals surface area contributed by atoms with Crippen molar-refractivity contribution in [3.63, 3.8) is 0 Å². The van der Waals surface area contributed by atoms with Crippen LogP contribution in [0.4, 0.5) is 11.6 Å². The summed E-state index contributed by atoms with van der Waals surface area (Å²) in [7, 11) is 3.60. The van der Waals surface area contributed by atoms with Gasteiger partial charge in [-0.15, -0.1) is 5.10 Å². The van der Waals surface area contributed by atoms with Crippen molar-refractivity contribution in [1.82, 2.24) is 39.8 Å². The highest BCUT2D eigenvalue weighted by molar-refractivity contribution is 5.89. The third-order valence-corrected chi connectivity index (χ3v) is 8.12. The van der Waals surface area contributed by atoms with Gasteiger partial charge in [0, 0.05) is 48.4 Å². The zero-order chi connectivity index (χ0) is 26.7. The number of hydrogen-bond acceptors (Lipinski definition) is 7. The average Bonchev–Trinajstić information content (AvgIpc) is 3.34. The van der Waals surface area contributed by atoms with Gasteiger partial charge in [0.2, 0.25) is 5.95 Å². The van der Waals surface area contributed by atoms with Gasteiger partial charge < -0.3 is 15.0 Å². The zero-order valence-electron chi connectivity index (χ0n) is 22.7. The van der Waals surface area contributed by atoms with Crippen molar-refractivity contribution in [1.29, 1.82) is 0 Å². The van der Waals surface area contributed by atoms with Gasteiger partial charge in [0.1, 0.15) is 11.6 Å². The summed E-state index contributed by atoms with van der Waals surface area (Å²) in [6.45, 7) is 6.36. The van der Waals surface area contributed by atoms with Crippen molar-refractivity contribution in [2.45, 2.75) is 51.6 Å². The van der Waals surface area contributed by atoms with Crippen LogP contribution in [0.5, 0.6) is 5.75 Å². The van der Waals surface area contributed by atoms with Crippen LogP contribution in [0.2, 0.25) is 0 Å². The summed E-state index contributed by atoms with van der Waals surface area (Å²) in [5.74, 6) is 3.45. The molecule has 0 amide bonds. The summed E-state index contributed by atoms with van der Waals surface area (Å²) < 4.78 is 7.60. The summed E-state index contributed by atoms with van der Waals surface area (Å²) >= 11 is 0. The Bertz CT molecular complexity index is 1680. The van der Waals surface area contributed by atoms with Crippen LogP contribution in [-0.2, 0) is 20.0 Å². The molecule has 0 radical (unpaired) electrons. The van der Waals surface area contributed by atoms with Gasteiger partial charge in [0.05, 0.1) is 30.1 Å². The SMILES string of the molecule is CCN1Cc2nc(-c3ccc(-c4nc(Nc5ccc6[nH]ncc6c5C5CC5)n(C)n4)cc3OC)[nH]c2CC1C. The number of benzene rings is 2. The molecule has 3 aromatic heterocycles. The Balaban J connectivity index is 1.19. The summed E-state index contributed by atoms with van der Waals surface area (Å²) in [5, 5.41) is 16.8. The standard InChI is InChI=1S/C29H33N9O/c1-5-38-15-24-23(12-16(38)2)31-28(32-24)19-9-8-18(13-25(19)39-4)27-34-29(37(3)36-27)33-22-11-10-21-20(14-30-35-21)26(22)17-6-7-17/h8-11,13-14,16-17H,5-7,12,15H2,1-4H3,(H,30,35)(H,31,32)(H,33,34,36). The second-order valence-electron chi connectivity index (χ2n) is 10.7. The molecular weight excluding hydrogens is 490 g/mol. The number of H-pyrrole nitrogens is 2. The monoisotopic (exact) mass is 523 g/mol. The van der Waals surface area contributed by atoms with Crippen LogP contribution in [0, 0.1) is 0 Å². The lowest BCUT2D eigenvalue weighted by molar-refractivity contribution is 0.191. The molecule has 10 nitrogen and oxygen atoms in total. The maximum absolute atomic E-state index is 5.82. The number of nitrogens with zero attached hydrogens (tertiary/aromatic N) is 6. The molecule has 2 aromatic carbocycles. The highest BCUT2D eigenvalue weighted by Crippen LogP contribution is 2.47. The van der Waals surface area contributed by atoms with E-state index in [0.717, 1.165) is 59.1 Å². The number of aryl methyl sites for hydroxylation is 1.